The van der Waals surface area contributed by atoms with Gasteiger partial charge in [0.2, 0.25) is 0 Å². The van der Waals surface area contributed by atoms with E-state index < -0.39 is 4.92 Å². The molecule has 1 aliphatic rings. The Morgan fingerprint density at radius 3 is 2.50 bits per heavy atom. The normalized spacial score (nSPS) is 15.8. The standard InChI is InChI=1S/C21H27N3O2/c22-20-9-8-18(16-21(20)24(25)26)7-4-12-23-13-10-19(11-14-23)15-17-5-2-1-3-6-17/h1-3,5-6,8-9,16,19H,4,7,10-15,22H2. The van der Waals surface area contributed by atoms with E-state index in [1.165, 1.54) is 24.8 Å². The van der Waals surface area contributed by atoms with E-state index in [2.05, 4.69) is 35.2 Å². The van der Waals surface area contributed by atoms with Crippen LogP contribution in [0.4, 0.5) is 11.4 Å². The molecule has 0 radical (unpaired) electrons. The maximum atomic E-state index is 11.0. The lowest BCUT2D eigenvalue weighted by Gasteiger charge is -2.32. The van der Waals surface area contributed by atoms with Crippen LogP contribution in [-0.2, 0) is 12.8 Å². The van der Waals surface area contributed by atoms with Crippen LogP contribution in [-0.4, -0.2) is 29.5 Å². The van der Waals surface area contributed by atoms with E-state index in [-0.39, 0.29) is 11.4 Å². The van der Waals surface area contributed by atoms with Crippen LogP contribution in [0.25, 0.3) is 0 Å². The van der Waals surface area contributed by atoms with Crippen molar-refractivity contribution >= 4 is 11.4 Å². The summed E-state index contributed by atoms with van der Waals surface area (Å²) in [6.07, 6.45) is 5.56. The van der Waals surface area contributed by atoms with Crippen molar-refractivity contribution in [3.05, 3.63) is 69.8 Å². The smallest absolute Gasteiger partial charge is 0.292 e. The largest absolute Gasteiger partial charge is 0.393 e. The highest BCUT2D eigenvalue weighted by molar-refractivity contribution is 5.59. The molecule has 3 rings (SSSR count). The van der Waals surface area contributed by atoms with Crippen molar-refractivity contribution in [3.63, 3.8) is 0 Å². The van der Waals surface area contributed by atoms with Gasteiger partial charge in [0.15, 0.2) is 0 Å². The highest BCUT2D eigenvalue weighted by atomic mass is 16.6. The second-order valence-electron chi connectivity index (χ2n) is 7.23. The molecule has 2 aromatic rings. The molecule has 5 nitrogen and oxygen atoms in total. The predicted molar refractivity (Wildman–Crippen MR) is 105 cm³/mol. The number of likely N-dealkylation sites (tertiary alicyclic amines) is 1. The Morgan fingerprint density at radius 1 is 1.08 bits per heavy atom. The molecule has 0 unspecified atom stereocenters. The summed E-state index contributed by atoms with van der Waals surface area (Å²) < 4.78 is 0. The fraction of sp³-hybridized carbons (Fsp3) is 0.429. The van der Waals surface area contributed by atoms with Crippen molar-refractivity contribution in [2.24, 2.45) is 5.92 Å². The Kier molecular flexibility index (Phi) is 6.23. The molecule has 0 aliphatic carbocycles. The van der Waals surface area contributed by atoms with E-state index in [0.29, 0.717) is 0 Å². The lowest BCUT2D eigenvalue weighted by atomic mass is 9.90. The monoisotopic (exact) mass is 353 g/mol. The van der Waals surface area contributed by atoms with Gasteiger partial charge in [0.05, 0.1) is 4.92 Å². The molecule has 5 heteroatoms. The van der Waals surface area contributed by atoms with Gasteiger partial charge in [0, 0.05) is 6.07 Å². The van der Waals surface area contributed by atoms with Gasteiger partial charge in [-0.2, -0.15) is 0 Å². The van der Waals surface area contributed by atoms with Gasteiger partial charge < -0.3 is 10.6 Å². The first-order valence-electron chi connectivity index (χ1n) is 9.41. The topological polar surface area (TPSA) is 72.4 Å². The van der Waals surface area contributed by atoms with Gasteiger partial charge in [-0.25, -0.2) is 0 Å². The zero-order chi connectivity index (χ0) is 18.4. The summed E-state index contributed by atoms with van der Waals surface area (Å²) in [5.41, 5.74) is 8.34. The molecule has 1 saturated heterocycles. The van der Waals surface area contributed by atoms with Gasteiger partial charge in [0.1, 0.15) is 5.69 Å². The van der Waals surface area contributed by atoms with Crippen molar-refractivity contribution in [2.75, 3.05) is 25.4 Å². The number of piperidine rings is 1. The maximum absolute atomic E-state index is 11.0. The van der Waals surface area contributed by atoms with Crippen molar-refractivity contribution in [1.82, 2.24) is 4.90 Å². The summed E-state index contributed by atoms with van der Waals surface area (Å²) in [6.45, 7) is 3.36. The quantitative estimate of drug-likeness (QED) is 0.463. The highest BCUT2D eigenvalue weighted by Gasteiger charge is 2.19. The number of hydrogen-bond acceptors (Lipinski definition) is 4. The number of hydrogen-bond donors (Lipinski definition) is 1. The van der Waals surface area contributed by atoms with Gasteiger partial charge in [-0.15, -0.1) is 0 Å². The van der Waals surface area contributed by atoms with Crippen molar-refractivity contribution < 1.29 is 4.92 Å². The second kappa shape index (κ2) is 8.81. The lowest BCUT2D eigenvalue weighted by molar-refractivity contribution is -0.384. The molecule has 138 valence electrons. The SMILES string of the molecule is Nc1ccc(CCCN2CCC(Cc3ccccc3)CC2)cc1[N+](=O)[O-]. The first-order chi connectivity index (χ1) is 12.6. The Labute approximate surface area is 155 Å². The minimum absolute atomic E-state index is 0.0178. The third kappa shape index (κ3) is 5.05. The summed E-state index contributed by atoms with van der Waals surface area (Å²) in [5.74, 6) is 0.786. The molecule has 26 heavy (non-hydrogen) atoms. The molecule has 1 fully saturated rings. The molecule has 0 atom stereocenters. The van der Waals surface area contributed by atoms with Crippen LogP contribution in [0.1, 0.15) is 30.4 Å². The van der Waals surface area contributed by atoms with Crippen LogP contribution in [0.5, 0.6) is 0 Å². The number of aryl methyl sites for hydroxylation is 1. The van der Waals surface area contributed by atoms with E-state index in [1.54, 1.807) is 12.1 Å². The third-order valence-corrected chi connectivity index (χ3v) is 5.31. The summed E-state index contributed by atoms with van der Waals surface area (Å²) in [7, 11) is 0. The van der Waals surface area contributed by atoms with Gasteiger partial charge in [-0.3, -0.25) is 10.1 Å². The van der Waals surface area contributed by atoms with Crippen LogP contribution in [0, 0.1) is 16.0 Å². The predicted octanol–water partition coefficient (Wildman–Crippen LogP) is 4.06. The Hall–Kier alpha value is -2.40. The van der Waals surface area contributed by atoms with Crippen LogP contribution in [0.15, 0.2) is 48.5 Å². The van der Waals surface area contributed by atoms with E-state index >= 15 is 0 Å². The van der Waals surface area contributed by atoms with Crippen molar-refractivity contribution in [1.29, 1.82) is 0 Å². The first-order valence-corrected chi connectivity index (χ1v) is 9.41. The van der Waals surface area contributed by atoms with E-state index in [4.69, 9.17) is 5.73 Å². The lowest BCUT2D eigenvalue weighted by Crippen LogP contribution is -2.35. The number of anilines is 1. The van der Waals surface area contributed by atoms with Crippen molar-refractivity contribution in [2.45, 2.75) is 32.1 Å². The zero-order valence-corrected chi connectivity index (χ0v) is 15.1. The van der Waals surface area contributed by atoms with Gasteiger partial charge >= 0.3 is 0 Å². The molecule has 0 aromatic heterocycles. The fourth-order valence-corrected chi connectivity index (χ4v) is 3.77. The average molecular weight is 353 g/mol. The summed E-state index contributed by atoms with van der Waals surface area (Å²) in [4.78, 5) is 13.1. The van der Waals surface area contributed by atoms with Gasteiger partial charge in [-0.05, 0) is 74.8 Å². The van der Waals surface area contributed by atoms with E-state index in [1.807, 2.05) is 6.07 Å². The molecule has 0 spiro atoms. The molecule has 0 bridgehead atoms. The zero-order valence-electron chi connectivity index (χ0n) is 15.1. The summed E-state index contributed by atoms with van der Waals surface area (Å²) >= 11 is 0. The minimum Gasteiger partial charge on any atom is -0.393 e. The number of nitrogen functional groups attached to an aromatic ring is 1. The van der Waals surface area contributed by atoms with Crippen molar-refractivity contribution in [3.8, 4) is 0 Å². The minimum atomic E-state index is -0.406. The number of benzene rings is 2. The van der Waals surface area contributed by atoms with Crippen LogP contribution in [0.2, 0.25) is 0 Å². The maximum Gasteiger partial charge on any atom is 0.292 e. The number of rotatable bonds is 7. The summed E-state index contributed by atoms with van der Waals surface area (Å²) in [6, 6.07) is 15.9. The average Bonchev–Trinajstić information content (AvgIpc) is 2.65. The Balaban J connectivity index is 1.40. The van der Waals surface area contributed by atoms with Crippen LogP contribution >= 0.6 is 0 Å². The number of nitro groups is 1. The number of nitrogens with two attached hydrogens (primary N) is 1. The molecule has 1 aliphatic heterocycles. The molecular weight excluding hydrogens is 326 g/mol. The molecule has 0 saturated carbocycles. The molecule has 2 N–H and O–H groups in total. The van der Waals surface area contributed by atoms with Crippen LogP contribution < -0.4 is 5.73 Å². The molecular formula is C21H27N3O2. The second-order valence-corrected chi connectivity index (χ2v) is 7.23. The Morgan fingerprint density at radius 2 is 1.81 bits per heavy atom. The van der Waals surface area contributed by atoms with Crippen LogP contribution in [0.3, 0.4) is 0 Å². The molecule has 0 amide bonds. The first kappa shape index (κ1) is 18.4. The van der Waals surface area contributed by atoms with E-state index in [9.17, 15) is 10.1 Å². The highest BCUT2D eigenvalue weighted by Crippen LogP contribution is 2.24. The fourth-order valence-electron chi connectivity index (χ4n) is 3.77. The molecule has 2 aromatic carbocycles. The van der Waals surface area contributed by atoms with Gasteiger partial charge in [0.25, 0.3) is 5.69 Å². The Bertz CT molecular complexity index is 725. The van der Waals surface area contributed by atoms with Gasteiger partial charge in [-0.1, -0.05) is 36.4 Å². The number of nitro benzene ring substituents is 1. The molecule has 1 heterocycles. The third-order valence-electron chi connectivity index (χ3n) is 5.31. The number of nitrogens with zero attached hydrogens (tertiary/aromatic N) is 2. The van der Waals surface area contributed by atoms with E-state index in [0.717, 1.165) is 44.0 Å². The summed E-state index contributed by atoms with van der Waals surface area (Å²) in [5, 5.41) is 11.0.